The Morgan fingerprint density at radius 3 is 2.27 bits per heavy atom. The Labute approximate surface area is 130 Å². The highest BCUT2D eigenvalue weighted by Crippen LogP contribution is 2.24. The molecule has 7 nitrogen and oxygen atoms in total. The van der Waals surface area contributed by atoms with E-state index in [1.807, 2.05) is 24.4 Å². The van der Waals surface area contributed by atoms with Crippen LogP contribution in [-0.4, -0.2) is 51.1 Å². The highest BCUT2D eigenvalue weighted by atomic mass is 32.1. The van der Waals surface area contributed by atoms with Crippen LogP contribution in [0, 0.1) is 13.8 Å². The van der Waals surface area contributed by atoms with Crippen molar-refractivity contribution < 1.29 is 14.4 Å². The van der Waals surface area contributed by atoms with Crippen molar-refractivity contribution in [3.8, 4) is 0 Å². The first-order valence-corrected chi connectivity index (χ1v) is 7.39. The summed E-state index contributed by atoms with van der Waals surface area (Å²) in [6, 6.07) is -0.631. The van der Waals surface area contributed by atoms with Gasteiger partial charge in [0.05, 0.1) is 11.4 Å². The van der Waals surface area contributed by atoms with Gasteiger partial charge in [-0.25, -0.2) is 9.78 Å². The number of amides is 4. The Bertz CT molecular complexity index is 835. The first-order valence-electron chi connectivity index (χ1n) is 6.58. The van der Waals surface area contributed by atoms with Crippen molar-refractivity contribution in [1.29, 1.82) is 0 Å². The molecular formula is C14H14N4O3S. The van der Waals surface area contributed by atoms with E-state index in [-0.39, 0.29) is 5.57 Å². The van der Waals surface area contributed by atoms with Crippen molar-refractivity contribution >= 4 is 40.2 Å². The number of aryl methyl sites for hydroxylation is 2. The van der Waals surface area contributed by atoms with Crippen LogP contribution in [-0.2, 0) is 9.59 Å². The summed E-state index contributed by atoms with van der Waals surface area (Å²) in [7, 11) is 2.71. The highest BCUT2D eigenvalue weighted by Gasteiger charge is 2.38. The molecule has 114 valence electrons. The van der Waals surface area contributed by atoms with Crippen LogP contribution in [0.2, 0.25) is 0 Å². The molecule has 0 radical (unpaired) electrons. The zero-order valence-corrected chi connectivity index (χ0v) is 13.4. The fraction of sp³-hybridized carbons (Fsp3) is 0.286. The number of aromatic nitrogens is 2. The van der Waals surface area contributed by atoms with E-state index in [1.54, 1.807) is 0 Å². The lowest BCUT2D eigenvalue weighted by Crippen LogP contribution is -2.52. The Morgan fingerprint density at radius 1 is 1.09 bits per heavy atom. The number of imide groups is 2. The van der Waals surface area contributed by atoms with Crippen LogP contribution >= 0.6 is 11.3 Å². The van der Waals surface area contributed by atoms with E-state index >= 15 is 0 Å². The number of nitrogens with zero attached hydrogens (tertiary/aromatic N) is 4. The lowest BCUT2D eigenvalue weighted by atomic mass is 10.1. The number of fused-ring (bicyclic) bond motifs is 1. The van der Waals surface area contributed by atoms with Crippen molar-refractivity contribution in [2.75, 3.05) is 14.1 Å². The number of urea groups is 1. The second-order valence-electron chi connectivity index (χ2n) is 5.15. The number of rotatable bonds is 1. The molecule has 22 heavy (non-hydrogen) atoms. The Kier molecular flexibility index (Phi) is 3.13. The number of thiazole rings is 1. The van der Waals surface area contributed by atoms with Crippen molar-refractivity contribution in [3.63, 3.8) is 0 Å². The van der Waals surface area contributed by atoms with Crippen molar-refractivity contribution in [3.05, 3.63) is 28.0 Å². The van der Waals surface area contributed by atoms with Gasteiger partial charge in [0.15, 0.2) is 4.96 Å². The van der Waals surface area contributed by atoms with E-state index in [4.69, 9.17) is 0 Å². The smallest absolute Gasteiger partial charge is 0.290 e. The van der Waals surface area contributed by atoms with Gasteiger partial charge in [-0.05, 0) is 19.9 Å². The molecule has 1 fully saturated rings. The number of imidazole rings is 1. The van der Waals surface area contributed by atoms with Gasteiger partial charge in [0, 0.05) is 25.2 Å². The van der Waals surface area contributed by atoms with Gasteiger partial charge in [-0.1, -0.05) is 0 Å². The summed E-state index contributed by atoms with van der Waals surface area (Å²) in [5.41, 5.74) is 1.35. The van der Waals surface area contributed by atoms with Crippen LogP contribution in [0.5, 0.6) is 0 Å². The van der Waals surface area contributed by atoms with Crippen LogP contribution in [0.25, 0.3) is 11.0 Å². The second-order valence-corrected chi connectivity index (χ2v) is 6.36. The molecule has 1 aliphatic heterocycles. The van der Waals surface area contributed by atoms with Gasteiger partial charge in [-0.2, -0.15) is 0 Å². The molecule has 0 aliphatic carbocycles. The van der Waals surface area contributed by atoms with Crippen LogP contribution in [0.1, 0.15) is 16.3 Å². The molecular weight excluding hydrogens is 304 g/mol. The van der Waals surface area contributed by atoms with Crippen molar-refractivity contribution in [2.24, 2.45) is 0 Å². The largest absolute Gasteiger partial charge is 0.333 e. The number of carbonyl (C=O) groups excluding carboxylic acids is 3. The summed E-state index contributed by atoms with van der Waals surface area (Å²) in [6.45, 7) is 3.78. The number of likely N-dealkylation sites (N-methyl/N-ethyl adjacent to an activating group) is 2. The van der Waals surface area contributed by atoms with Crippen LogP contribution in [0.15, 0.2) is 11.8 Å². The molecule has 0 N–H and O–H groups in total. The maximum absolute atomic E-state index is 12.2. The maximum Gasteiger partial charge on any atom is 0.333 e. The first kappa shape index (κ1) is 14.5. The molecule has 8 heteroatoms. The molecule has 0 saturated carbocycles. The minimum atomic E-state index is -0.631. The number of hydrogen-bond acceptors (Lipinski definition) is 5. The molecule has 2 aromatic heterocycles. The third-order valence-corrected chi connectivity index (χ3v) is 4.49. The molecule has 1 aliphatic rings. The third kappa shape index (κ3) is 1.95. The van der Waals surface area contributed by atoms with E-state index in [0.717, 1.165) is 25.3 Å². The lowest BCUT2D eigenvalue weighted by molar-refractivity contribution is -0.134. The zero-order chi connectivity index (χ0) is 16.2. The summed E-state index contributed by atoms with van der Waals surface area (Å²) in [5, 5.41) is 0. The fourth-order valence-corrected chi connectivity index (χ4v) is 3.24. The van der Waals surface area contributed by atoms with E-state index in [0.29, 0.717) is 5.69 Å². The van der Waals surface area contributed by atoms with Gasteiger partial charge in [0.1, 0.15) is 5.57 Å². The normalized spacial score (nSPS) is 16.2. The minimum Gasteiger partial charge on any atom is -0.290 e. The van der Waals surface area contributed by atoms with E-state index in [2.05, 4.69) is 4.98 Å². The van der Waals surface area contributed by atoms with E-state index in [1.165, 1.54) is 31.5 Å². The minimum absolute atomic E-state index is 0.0432. The number of barbiturate groups is 1. The van der Waals surface area contributed by atoms with Crippen LogP contribution in [0.4, 0.5) is 4.79 Å². The second kappa shape index (κ2) is 4.77. The molecule has 0 bridgehead atoms. The lowest BCUT2D eigenvalue weighted by Gasteiger charge is -2.28. The van der Waals surface area contributed by atoms with Crippen molar-refractivity contribution in [2.45, 2.75) is 13.8 Å². The SMILES string of the molecule is Cc1cn2c(C=C3C(=O)N(C)C(=O)N(C)C3=O)c(C)nc2s1. The molecule has 1 saturated heterocycles. The quantitative estimate of drug-likeness (QED) is 0.589. The summed E-state index contributed by atoms with van der Waals surface area (Å²) in [5.74, 6) is -1.20. The van der Waals surface area contributed by atoms with Gasteiger partial charge >= 0.3 is 6.03 Å². The average molecular weight is 318 g/mol. The van der Waals surface area contributed by atoms with Crippen LogP contribution in [0.3, 0.4) is 0 Å². The summed E-state index contributed by atoms with van der Waals surface area (Å²) in [4.78, 5) is 44.4. The molecule has 0 aromatic carbocycles. The Balaban J connectivity index is 2.17. The summed E-state index contributed by atoms with van der Waals surface area (Å²) < 4.78 is 1.85. The average Bonchev–Trinajstić information content (AvgIpc) is 2.95. The Hall–Kier alpha value is -2.48. The standard InChI is InChI=1S/C14H14N4O3S/c1-7-6-18-10(8(2)15-13(18)22-7)5-9-11(19)16(3)14(21)17(4)12(9)20/h5-6H,1-4H3. The van der Waals surface area contributed by atoms with E-state index < -0.39 is 17.8 Å². The first-order chi connectivity index (χ1) is 10.3. The van der Waals surface area contributed by atoms with Gasteiger partial charge in [0.2, 0.25) is 0 Å². The topological polar surface area (TPSA) is 75.0 Å². The van der Waals surface area contributed by atoms with Gasteiger partial charge < -0.3 is 0 Å². The fourth-order valence-electron chi connectivity index (χ4n) is 2.37. The van der Waals surface area contributed by atoms with Crippen molar-refractivity contribution in [1.82, 2.24) is 19.2 Å². The number of carbonyl (C=O) groups is 3. The summed E-state index contributed by atoms with van der Waals surface area (Å²) in [6.07, 6.45) is 3.41. The van der Waals surface area contributed by atoms with Gasteiger partial charge in [0.25, 0.3) is 11.8 Å². The molecule has 0 unspecified atom stereocenters. The molecule has 3 rings (SSSR count). The maximum atomic E-state index is 12.2. The van der Waals surface area contributed by atoms with Crippen LogP contribution < -0.4 is 0 Å². The molecule has 3 heterocycles. The highest BCUT2D eigenvalue weighted by molar-refractivity contribution is 7.17. The molecule has 4 amide bonds. The van der Waals surface area contributed by atoms with Gasteiger partial charge in [-0.15, -0.1) is 11.3 Å². The number of hydrogen-bond donors (Lipinski definition) is 0. The predicted molar refractivity (Wildman–Crippen MR) is 81.5 cm³/mol. The molecule has 0 spiro atoms. The Morgan fingerprint density at radius 2 is 1.68 bits per heavy atom. The predicted octanol–water partition coefficient (Wildman–Crippen LogP) is 1.45. The molecule has 2 aromatic rings. The monoisotopic (exact) mass is 318 g/mol. The third-order valence-electron chi connectivity index (χ3n) is 3.59. The van der Waals surface area contributed by atoms with E-state index in [9.17, 15) is 14.4 Å². The molecule has 0 atom stereocenters. The zero-order valence-electron chi connectivity index (χ0n) is 12.6. The van der Waals surface area contributed by atoms with Gasteiger partial charge in [-0.3, -0.25) is 23.8 Å². The summed E-state index contributed by atoms with van der Waals surface area (Å²) >= 11 is 1.53.